The summed E-state index contributed by atoms with van der Waals surface area (Å²) in [6.45, 7) is 2.71. The largest absolute Gasteiger partial charge is 0.465 e. The molecule has 1 aliphatic heterocycles. The quantitative estimate of drug-likeness (QED) is 0.517. The van der Waals surface area contributed by atoms with Crippen molar-refractivity contribution in [3.63, 3.8) is 0 Å². The van der Waals surface area contributed by atoms with E-state index in [1.807, 2.05) is 6.92 Å². The fraction of sp³-hybridized carbons (Fsp3) is 0.900. The average molecular weight is 168 g/mol. The lowest BCUT2D eigenvalue weighted by Gasteiger charge is -2.38. The summed E-state index contributed by atoms with van der Waals surface area (Å²) in [5, 5.41) is 0. The summed E-state index contributed by atoms with van der Waals surface area (Å²) in [5.41, 5.74) is 0. The maximum absolute atomic E-state index is 11.2. The topological polar surface area (TPSA) is 26.3 Å². The minimum Gasteiger partial charge on any atom is -0.465 e. The monoisotopic (exact) mass is 168 g/mol. The van der Waals surface area contributed by atoms with E-state index in [4.69, 9.17) is 4.74 Å². The average Bonchev–Trinajstić information content (AvgIpc) is 2.12. The Morgan fingerprint density at radius 2 is 2.08 bits per heavy atom. The van der Waals surface area contributed by atoms with Crippen molar-refractivity contribution in [2.24, 2.45) is 17.8 Å². The molecule has 12 heavy (non-hydrogen) atoms. The molecule has 2 rings (SSSR count). The van der Waals surface area contributed by atoms with Crippen LogP contribution in [0.2, 0.25) is 0 Å². The molecule has 0 N–H and O–H groups in total. The zero-order valence-electron chi connectivity index (χ0n) is 7.58. The zero-order chi connectivity index (χ0) is 8.55. The van der Waals surface area contributed by atoms with Crippen molar-refractivity contribution in [1.82, 2.24) is 0 Å². The predicted octanol–water partition coefficient (Wildman–Crippen LogP) is 1.99. The third-order valence-corrected chi connectivity index (χ3v) is 3.42. The second-order valence-corrected chi connectivity index (χ2v) is 4.13. The Morgan fingerprint density at radius 3 is 2.92 bits per heavy atom. The summed E-state index contributed by atoms with van der Waals surface area (Å²) in [7, 11) is 0. The number of hydrogen-bond donors (Lipinski definition) is 0. The van der Waals surface area contributed by atoms with Crippen molar-refractivity contribution in [2.45, 2.75) is 32.6 Å². The van der Waals surface area contributed by atoms with Crippen molar-refractivity contribution < 1.29 is 9.53 Å². The van der Waals surface area contributed by atoms with Gasteiger partial charge in [-0.05, 0) is 24.7 Å². The Morgan fingerprint density at radius 1 is 1.33 bits per heavy atom. The highest BCUT2D eigenvalue weighted by molar-refractivity contribution is 5.73. The van der Waals surface area contributed by atoms with Crippen LogP contribution in [0.25, 0.3) is 0 Å². The highest BCUT2D eigenvalue weighted by Gasteiger charge is 2.38. The van der Waals surface area contributed by atoms with Gasteiger partial charge in [0, 0.05) is 0 Å². The van der Waals surface area contributed by atoms with E-state index in [9.17, 15) is 4.79 Å². The van der Waals surface area contributed by atoms with Crippen LogP contribution in [0.4, 0.5) is 0 Å². The van der Waals surface area contributed by atoms with Gasteiger partial charge in [-0.2, -0.15) is 0 Å². The highest BCUT2D eigenvalue weighted by Crippen LogP contribution is 2.38. The second kappa shape index (κ2) is 3.08. The first kappa shape index (κ1) is 8.09. The summed E-state index contributed by atoms with van der Waals surface area (Å²) >= 11 is 0. The van der Waals surface area contributed by atoms with Crippen LogP contribution in [0, 0.1) is 17.8 Å². The fourth-order valence-corrected chi connectivity index (χ4v) is 2.60. The van der Waals surface area contributed by atoms with Crippen LogP contribution >= 0.6 is 0 Å². The van der Waals surface area contributed by atoms with Crippen LogP contribution in [0.15, 0.2) is 0 Å². The maximum atomic E-state index is 11.2. The summed E-state index contributed by atoms with van der Waals surface area (Å²) < 4.78 is 5.12. The minimum absolute atomic E-state index is 0.0261. The summed E-state index contributed by atoms with van der Waals surface area (Å²) in [4.78, 5) is 11.2. The van der Waals surface area contributed by atoms with Crippen molar-refractivity contribution in [3.05, 3.63) is 0 Å². The lowest BCUT2D eigenvalue weighted by atomic mass is 9.72. The molecule has 1 saturated carbocycles. The van der Waals surface area contributed by atoms with Gasteiger partial charge in [0.05, 0.1) is 12.5 Å². The molecule has 1 heterocycles. The standard InChI is InChI=1S/C10H16O2/c1-7-9-5-3-2-4-8(9)6-12-10(7)11/h7-9H,2-6H2,1H3. The number of carbonyl (C=O) groups is 1. The molecule has 2 aliphatic rings. The van der Waals surface area contributed by atoms with E-state index in [0.29, 0.717) is 18.4 Å². The van der Waals surface area contributed by atoms with E-state index in [0.717, 1.165) is 0 Å². The maximum Gasteiger partial charge on any atom is 0.308 e. The molecule has 1 aliphatic carbocycles. The van der Waals surface area contributed by atoms with Gasteiger partial charge in [0.1, 0.15) is 0 Å². The Balaban J connectivity index is 2.08. The fourth-order valence-electron chi connectivity index (χ4n) is 2.60. The molecule has 0 aromatic carbocycles. The molecule has 0 spiro atoms. The molecule has 2 nitrogen and oxygen atoms in total. The van der Waals surface area contributed by atoms with Crippen molar-refractivity contribution >= 4 is 5.97 Å². The molecule has 0 radical (unpaired) electrons. The lowest BCUT2D eigenvalue weighted by molar-refractivity contribution is -0.162. The van der Waals surface area contributed by atoms with Crippen molar-refractivity contribution in [2.75, 3.05) is 6.61 Å². The molecule has 0 aromatic rings. The van der Waals surface area contributed by atoms with Gasteiger partial charge in [0.25, 0.3) is 0 Å². The van der Waals surface area contributed by atoms with E-state index >= 15 is 0 Å². The van der Waals surface area contributed by atoms with Gasteiger partial charge in [0.15, 0.2) is 0 Å². The Bertz CT molecular complexity index is 188. The number of rotatable bonds is 0. The van der Waals surface area contributed by atoms with E-state index in [-0.39, 0.29) is 11.9 Å². The van der Waals surface area contributed by atoms with Crippen LogP contribution in [0.3, 0.4) is 0 Å². The van der Waals surface area contributed by atoms with Crippen molar-refractivity contribution in [1.29, 1.82) is 0 Å². The zero-order valence-corrected chi connectivity index (χ0v) is 7.58. The lowest BCUT2D eigenvalue weighted by Crippen LogP contribution is -2.39. The Kier molecular flexibility index (Phi) is 2.07. The molecule has 3 unspecified atom stereocenters. The molecule has 68 valence electrons. The smallest absolute Gasteiger partial charge is 0.308 e. The SMILES string of the molecule is CC1C(=O)OCC2CCCCC21. The van der Waals surface area contributed by atoms with Crippen LogP contribution in [-0.4, -0.2) is 12.6 Å². The van der Waals surface area contributed by atoms with Crippen LogP contribution in [0.5, 0.6) is 0 Å². The molecular formula is C10H16O2. The number of carbonyl (C=O) groups excluding carboxylic acids is 1. The van der Waals surface area contributed by atoms with Crippen LogP contribution in [0.1, 0.15) is 32.6 Å². The van der Waals surface area contributed by atoms with Gasteiger partial charge < -0.3 is 4.74 Å². The molecule has 3 atom stereocenters. The van der Waals surface area contributed by atoms with E-state index in [1.54, 1.807) is 0 Å². The predicted molar refractivity (Wildman–Crippen MR) is 45.6 cm³/mol. The van der Waals surface area contributed by atoms with Gasteiger partial charge in [-0.15, -0.1) is 0 Å². The summed E-state index contributed by atoms with van der Waals surface area (Å²) in [6.07, 6.45) is 5.13. The summed E-state index contributed by atoms with van der Waals surface area (Å²) in [6, 6.07) is 0. The first-order valence-corrected chi connectivity index (χ1v) is 4.95. The minimum atomic E-state index is 0.0261. The van der Waals surface area contributed by atoms with Gasteiger partial charge in [-0.3, -0.25) is 4.79 Å². The Hall–Kier alpha value is -0.530. The summed E-state index contributed by atoms with van der Waals surface area (Å²) in [5.74, 6) is 1.48. The number of ether oxygens (including phenoxy) is 1. The molecule has 0 amide bonds. The van der Waals surface area contributed by atoms with Crippen molar-refractivity contribution in [3.8, 4) is 0 Å². The Labute approximate surface area is 73.3 Å². The van der Waals surface area contributed by atoms with Gasteiger partial charge in [-0.25, -0.2) is 0 Å². The number of hydrogen-bond acceptors (Lipinski definition) is 2. The first-order valence-electron chi connectivity index (χ1n) is 4.95. The van der Waals surface area contributed by atoms with Gasteiger partial charge in [0.2, 0.25) is 0 Å². The number of cyclic esters (lactones) is 1. The highest BCUT2D eigenvalue weighted by atomic mass is 16.5. The third kappa shape index (κ3) is 1.23. The number of fused-ring (bicyclic) bond motifs is 1. The van der Waals surface area contributed by atoms with E-state index < -0.39 is 0 Å². The molecule has 2 heteroatoms. The molecule has 0 bridgehead atoms. The third-order valence-electron chi connectivity index (χ3n) is 3.42. The normalized spacial score (nSPS) is 41.8. The molecule has 1 saturated heterocycles. The van der Waals surface area contributed by atoms with Crippen LogP contribution < -0.4 is 0 Å². The van der Waals surface area contributed by atoms with E-state index in [2.05, 4.69) is 0 Å². The van der Waals surface area contributed by atoms with Gasteiger partial charge >= 0.3 is 5.97 Å². The molecular weight excluding hydrogens is 152 g/mol. The van der Waals surface area contributed by atoms with E-state index in [1.165, 1.54) is 25.7 Å². The van der Waals surface area contributed by atoms with Crippen LogP contribution in [-0.2, 0) is 9.53 Å². The van der Waals surface area contributed by atoms with Gasteiger partial charge in [-0.1, -0.05) is 19.8 Å². The number of esters is 1. The second-order valence-electron chi connectivity index (χ2n) is 4.13. The molecule has 2 fully saturated rings. The first-order chi connectivity index (χ1) is 5.79. The molecule has 0 aromatic heterocycles.